The molecule has 1 aromatic rings. The van der Waals surface area contributed by atoms with Crippen LogP contribution in [0.1, 0.15) is 23.7 Å². The molecule has 1 saturated heterocycles. The molecule has 2 heterocycles. The second kappa shape index (κ2) is 4.17. The predicted octanol–water partition coefficient (Wildman–Crippen LogP) is -1.45. The molecule has 1 aromatic heterocycles. The molecule has 17 heavy (non-hydrogen) atoms. The summed E-state index contributed by atoms with van der Waals surface area (Å²) >= 11 is 0. The zero-order chi connectivity index (χ0) is 12.5. The Morgan fingerprint density at radius 1 is 1.47 bits per heavy atom. The van der Waals surface area contributed by atoms with Gasteiger partial charge in [-0.3, -0.25) is 14.6 Å². The maximum Gasteiger partial charge on any atom is 0.325 e. The minimum Gasteiger partial charge on any atom is -0.345 e. The number of carbonyl (C=O) groups excluding carboxylic acids is 1. The van der Waals surface area contributed by atoms with Crippen molar-refractivity contribution in [3.8, 4) is 0 Å². The Morgan fingerprint density at radius 2 is 2.24 bits per heavy atom. The van der Waals surface area contributed by atoms with Crippen molar-refractivity contribution in [2.45, 2.75) is 18.9 Å². The number of nitrogens with one attached hydrogen (secondary N) is 4. The van der Waals surface area contributed by atoms with E-state index in [-0.39, 0.29) is 11.1 Å². The zero-order valence-electron chi connectivity index (χ0n) is 9.42. The molecule has 4 N–H and O–H groups in total. The molecular formula is C10H14N4O3. The average molecular weight is 238 g/mol. The van der Waals surface area contributed by atoms with E-state index in [9.17, 15) is 14.4 Å². The molecule has 7 nitrogen and oxygen atoms in total. The van der Waals surface area contributed by atoms with Gasteiger partial charge in [0.05, 0.1) is 5.54 Å². The molecule has 0 radical (unpaired) electrons. The van der Waals surface area contributed by atoms with Crippen LogP contribution in [0.2, 0.25) is 0 Å². The molecule has 0 saturated carbocycles. The van der Waals surface area contributed by atoms with Gasteiger partial charge in [-0.2, -0.15) is 0 Å². The maximum absolute atomic E-state index is 11.9. The molecule has 1 fully saturated rings. The van der Waals surface area contributed by atoms with E-state index < -0.39 is 17.2 Å². The van der Waals surface area contributed by atoms with E-state index >= 15 is 0 Å². The lowest BCUT2D eigenvalue weighted by atomic mass is 10.0. The first-order chi connectivity index (χ1) is 8.00. The largest absolute Gasteiger partial charge is 0.345 e. The summed E-state index contributed by atoms with van der Waals surface area (Å²) in [6.45, 7) is 3.41. The van der Waals surface area contributed by atoms with Gasteiger partial charge in [0.15, 0.2) is 0 Å². The van der Waals surface area contributed by atoms with Crippen molar-refractivity contribution in [1.29, 1.82) is 0 Å². The molecule has 0 bridgehead atoms. The highest BCUT2D eigenvalue weighted by Gasteiger charge is 2.30. The Labute approximate surface area is 96.6 Å². The van der Waals surface area contributed by atoms with Crippen molar-refractivity contribution in [2.75, 3.05) is 13.1 Å². The molecule has 0 aromatic carbocycles. The van der Waals surface area contributed by atoms with Gasteiger partial charge < -0.3 is 15.6 Å². The van der Waals surface area contributed by atoms with Crippen molar-refractivity contribution in [3.05, 3.63) is 32.6 Å². The third-order valence-corrected chi connectivity index (χ3v) is 2.85. The lowest BCUT2D eigenvalue weighted by molar-refractivity contribution is 0.0911. The lowest BCUT2D eigenvalue weighted by Crippen LogP contribution is -2.49. The fourth-order valence-corrected chi connectivity index (χ4v) is 1.84. The Morgan fingerprint density at radius 3 is 2.82 bits per heavy atom. The van der Waals surface area contributed by atoms with E-state index in [0.29, 0.717) is 6.54 Å². The van der Waals surface area contributed by atoms with E-state index in [1.54, 1.807) is 0 Å². The van der Waals surface area contributed by atoms with Crippen molar-refractivity contribution >= 4 is 5.91 Å². The number of rotatable bonds is 2. The van der Waals surface area contributed by atoms with Crippen LogP contribution in [0.4, 0.5) is 0 Å². The molecule has 1 atom stereocenters. The molecule has 1 unspecified atom stereocenters. The summed E-state index contributed by atoms with van der Waals surface area (Å²) in [5.41, 5.74) is -1.74. The van der Waals surface area contributed by atoms with E-state index in [1.165, 1.54) is 0 Å². The van der Waals surface area contributed by atoms with Gasteiger partial charge in [0, 0.05) is 12.7 Å². The van der Waals surface area contributed by atoms with Gasteiger partial charge in [-0.1, -0.05) is 0 Å². The minimum atomic E-state index is -0.680. The quantitative estimate of drug-likeness (QED) is 0.505. The van der Waals surface area contributed by atoms with Crippen LogP contribution in [0, 0.1) is 0 Å². The Bertz CT molecular complexity index is 539. The lowest BCUT2D eigenvalue weighted by Gasteiger charge is -2.24. The van der Waals surface area contributed by atoms with Crippen molar-refractivity contribution in [1.82, 2.24) is 20.6 Å². The summed E-state index contributed by atoms with van der Waals surface area (Å²) in [6, 6.07) is 0. The Balaban J connectivity index is 2.20. The molecule has 7 heteroatoms. The highest BCUT2D eigenvalue weighted by Crippen LogP contribution is 2.13. The number of H-pyrrole nitrogens is 2. The summed E-state index contributed by atoms with van der Waals surface area (Å²) in [5.74, 6) is -0.478. The molecule has 1 aliphatic heterocycles. The maximum atomic E-state index is 11.9. The smallest absolute Gasteiger partial charge is 0.325 e. The molecule has 0 aliphatic carbocycles. The summed E-state index contributed by atoms with van der Waals surface area (Å²) < 4.78 is 0. The van der Waals surface area contributed by atoms with Gasteiger partial charge in [-0.15, -0.1) is 0 Å². The van der Waals surface area contributed by atoms with Crippen molar-refractivity contribution in [2.24, 2.45) is 0 Å². The second-order valence-corrected chi connectivity index (χ2v) is 4.43. The Kier molecular flexibility index (Phi) is 2.84. The number of carbonyl (C=O) groups is 1. The molecule has 92 valence electrons. The van der Waals surface area contributed by atoms with Crippen LogP contribution in [-0.2, 0) is 0 Å². The van der Waals surface area contributed by atoms with Crippen LogP contribution in [0.3, 0.4) is 0 Å². The molecule has 2 rings (SSSR count). The summed E-state index contributed by atoms with van der Waals surface area (Å²) in [5, 5.41) is 5.92. The van der Waals surface area contributed by atoms with E-state index in [4.69, 9.17) is 0 Å². The number of amides is 1. The number of aromatic amines is 2. The van der Waals surface area contributed by atoms with Crippen LogP contribution in [0.15, 0.2) is 15.8 Å². The fourth-order valence-electron chi connectivity index (χ4n) is 1.84. The van der Waals surface area contributed by atoms with E-state index in [2.05, 4.69) is 15.6 Å². The molecule has 1 aliphatic rings. The summed E-state index contributed by atoms with van der Waals surface area (Å²) in [4.78, 5) is 38.4. The molecular weight excluding hydrogens is 224 g/mol. The van der Waals surface area contributed by atoms with Crippen LogP contribution in [-0.4, -0.2) is 34.5 Å². The first kappa shape index (κ1) is 11.6. The first-order valence-electron chi connectivity index (χ1n) is 5.35. The predicted molar refractivity (Wildman–Crippen MR) is 61.0 cm³/mol. The fraction of sp³-hybridized carbons (Fsp3) is 0.500. The normalized spacial score (nSPS) is 23.6. The van der Waals surface area contributed by atoms with Gasteiger partial charge in [0.2, 0.25) is 0 Å². The monoisotopic (exact) mass is 238 g/mol. The summed E-state index contributed by atoms with van der Waals surface area (Å²) in [7, 11) is 0. The summed E-state index contributed by atoms with van der Waals surface area (Å²) in [6.07, 6.45) is 1.93. The SMILES string of the molecule is CC1(NC(=O)c2c[nH]c(=O)[nH]c2=O)CCNC1. The first-order valence-corrected chi connectivity index (χ1v) is 5.35. The third kappa shape index (κ3) is 2.44. The van der Waals surface area contributed by atoms with Gasteiger partial charge in [-0.25, -0.2) is 4.79 Å². The molecule has 0 spiro atoms. The minimum absolute atomic E-state index is 0.0854. The zero-order valence-corrected chi connectivity index (χ0v) is 9.42. The highest BCUT2D eigenvalue weighted by molar-refractivity contribution is 5.94. The van der Waals surface area contributed by atoms with Crippen LogP contribution in [0.25, 0.3) is 0 Å². The third-order valence-electron chi connectivity index (χ3n) is 2.85. The van der Waals surface area contributed by atoms with Crippen LogP contribution < -0.4 is 21.9 Å². The number of hydrogen-bond acceptors (Lipinski definition) is 4. The highest BCUT2D eigenvalue weighted by atomic mass is 16.2. The number of hydrogen-bond donors (Lipinski definition) is 4. The standard InChI is InChI=1S/C10H14N4O3/c1-10(2-3-11-5-10)14-8(16)6-4-12-9(17)13-7(6)15/h4,11H,2-3,5H2,1H3,(H,14,16)(H2,12,13,15,17). The van der Waals surface area contributed by atoms with E-state index in [1.807, 2.05) is 11.9 Å². The van der Waals surface area contributed by atoms with E-state index in [0.717, 1.165) is 19.2 Å². The van der Waals surface area contributed by atoms with Gasteiger partial charge in [0.25, 0.3) is 11.5 Å². The van der Waals surface area contributed by atoms with Crippen LogP contribution in [0.5, 0.6) is 0 Å². The van der Waals surface area contributed by atoms with Gasteiger partial charge in [-0.05, 0) is 19.9 Å². The second-order valence-electron chi connectivity index (χ2n) is 4.43. The number of aromatic nitrogens is 2. The van der Waals surface area contributed by atoms with Gasteiger partial charge in [0.1, 0.15) is 5.56 Å². The Hall–Kier alpha value is -1.89. The van der Waals surface area contributed by atoms with Crippen LogP contribution >= 0.6 is 0 Å². The van der Waals surface area contributed by atoms with Crippen molar-refractivity contribution < 1.29 is 4.79 Å². The molecule has 1 amide bonds. The average Bonchev–Trinajstić information content (AvgIpc) is 2.64. The van der Waals surface area contributed by atoms with Gasteiger partial charge >= 0.3 is 5.69 Å². The topological polar surface area (TPSA) is 107 Å². The van der Waals surface area contributed by atoms with Crippen molar-refractivity contribution in [3.63, 3.8) is 0 Å².